The fraction of sp³-hybridized carbons (Fsp3) is 0.219. The molecule has 0 radical (unpaired) electrons. The van der Waals surface area contributed by atoms with Crippen molar-refractivity contribution in [1.82, 2.24) is 0 Å². The summed E-state index contributed by atoms with van der Waals surface area (Å²) in [6.07, 6.45) is -1.46. The van der Waals surface area contributed by atoms with Crippen LogP contribution in [0.25, 0.3) is 11.1 Å². The van der Waals surface area contributed by atoms with Crippen molar-refractivity contribution in [2.24, 2.45) is 0 Å². The zero-order valence-corrected chi connectivity index (χ0v) is 21.1. The molecule has 38 heavy (non-hydrogen) atoms. The van der Waals surface area contributed by atoms with E-state index in [2.05, 4.69) is 77.5 Å². The number of carbonyl (C=O) groups excluding carboxylic acids is 1. The molecule has 5 rings (SSSR count). The Morgan fingerprint density at radius 3 is 1.63 bits per heavy atom. The van der Waals surface area contributed by atoms with Gasteiger partial charge in [0.2, 0.25) is 0 Å². The van der Waals surface area contributed by atoms with E-state index < -0.39 is 17.6 Å². The highest BCUT2D eigenvalue weighted by Gasteiger charge is 2.45. The molecule has 0 bridgehead atoms. The normalized spacial score (nSPS) is 14.6. The Balaban J connectivity index is 1.57. The summed E-state index contributed by atoms with van der Waals surface area (Å²) >= 11 is 0. The summed E-state index contributed by atoms with van der Waals surface area (Å²) in [4.78, 5) is 10.4. The average molecular weight is 511 g/mol. The third kappa shape index (κ3) is 4.76. The van der Waals surface area contributed by atoms with E-state index in [-0.39, 0.29) is 19.8 Å². The first-order valence-corrected chi connectivity index (χ1v) is 12.6. The minimum Gasteiger partial charge on any atom is -0.491 e. The molecule has 0 aliphatic heterocycles. The van der Waals surface area contributed by atoms with Crippen molar-refractivity contribution in [1.29, 1.82) is 0 Å². The van der Waals surface area contributed by atoms with Crippen LogP contribution in [0.5, 0.6) is 11.5 Å². The van der Waals surface area contributed by atoms with Crippen LogP contribution in [0.3, 0.4) is 0 Å². The molecule has 2 atom stereocenters. The smallest absolute Gasteiger partial charge is 0.293 e. The van der Waals surface area contributed by atoms with E-state index in [1.165, 1.54) is 22.3 Å². The molecule has 1 aliphatic rings. The number of hydrogen-bond acceptors (Lipinski definition) is 6. The summed E-state index contributed by atoms with van der Waals surface area (Å²) in [7, 11) is 0. The second-order valence-electron chi connectivity index (χ2n) is 9.44. The highest BCUT2D eigenvalue weighted by atomic mass is 16.5. The molecule has 194 valence electrons. The van der Waals surface area contributed by atoms with Crippen LogP contribution in [-0.2, 0) is 14.9 Å². The Morgan fingerprint density at radius 1 is 0.684 bits per heavy atom. The lowest BCUT2D eigenvalue weighted by Gasteiger charge is -2.34. The summed E-state index contributed by atoms with van der Waals surface area (Å²) in [5.74, 6) is 1.31. The molecule has 0 heterocycles. The van der Waals surface area contributed by atoms with Gasteiger partial charge in [0, 0.05) is 0 Å². The minimum atomic E-state index is -0.908. The van der Waals surface area contributed by atoms with Crippen LogP contribution in [0.2, 0.25) is 0 Å². The van der Waals surface area contributed by atoms with Gasteiger partial charge in [0.1, 0.15) is 37.4 Å². The molecule has 4 aromatic rings. The number of ether oxygens (including phenoxy) is 3. The fourth-order valence-electron chi connectivity index (χ4n) is 5.23. The van der Waals surface area contributed by atoms with Crippen LogP contribution in [0.4, 0.5) is 0 Å². The summed E-state index contributed by atoms with van der Waals surface area (Å²) in [5.41, 5.74) is 6.36. The molecule has 0 amide bonds. The van der Waals surface area contributed by atoms with Crippen LogP contribution in [0.15, 0.2) is 97.1 Å². The zero-order valence-electron chi connectivity index (χ0n) is 21.1. The Morgan fingerprint density at radius 2 is 1.16 bits per heavy atom. The predicted molar refractivity (Wildman–Crippen MR) is 144 cm³/mol. The maximum atomic E-state index is 10.4. The van der Waals surface area contributed by atoms with Crippen molar-refractivity contribution in [2.45, 2.75) is 24.5 Å². The van der Waals surface area contributed by atoms with E-state index in [1.54, 1.807) is 6.92 Å². The van der Waals surface area contributed by atoms with E-state index in [0.717, 1.165) is 11.1 Å². The van der Waals surface area contributed by atoms with E-state index in [4.69, 9.17) is 9.47 Å². The SMILES string of the molecule is CC(O)COc1ccc(C2(c3ccc(OCC(O)COC=O)cc3)c3ccccc3-c3ccccc32)cc1. The maximum Gasteiger partial charge on any atom is 0.293 e. The first kappa shape index (κ1) is 25.5. The highest BCUT2D eigenvalue weighted by molar-refractivity contribution is 5.86. The van der Waals surface area contributed by atoms with Crippen LogP contribution in [0, 0.1) is 0 Å². The molecule has 2 N–H and O–H groups in total. The monoisotopic (exact) mass is 510 g/mol. The fourth-order valence-corrected chi connectivity index (χ4v) is 5.23. The zero-order chi connectivity index (χ0) is 26.5. The number of rotatable bonds is 11. The first-order valence-electron chi connectivity index (χ1n) is 12.6. The highest BCUT2D eigenvalue weighted by Crippen LogP contribution is 2.56. The lowest BCUT2D eigenvalue weighted by atomic mass is 9.68. The Hall–Kier alpha value is -4.13. The van der Waals surface area contributed by atoms with Gasteiger partial charge in [0.15, 0.2) is 0 Å². The van der Waals surface area contributed by atoms with Gasteiger partial charge >= 0.3 is 0 Å². The van der Waals surface area contributed by atoms with Gasteiger partial charge in [-0.15, -0.1) is 0 Å². The van der Waals surface area contributed by atoms with Gasteiger partial charge in [-0.05, 0) is 64.6 Å². The summed E-state index contributed by atoms with van der Waals surface area (Å²) < 4.78 is 16.1. The Labute approximate surface area is 222 Å². The number of benzene rings is 4. The lowest BCUT2D eigenvalue weighted by molar-refractivity contribution is -0.132. The quantitative estimate of drug-likeness (QED) is 0.250. The van der Waals surface area contributed by atoms with Gasteiger partial charge in [-0.2, -0.15) is 0 Å². The van der Waals surface area contributed by atoms with Crippen molar-refractivity contribution < 1.29 is 29.2 Å². The van der Waals surface area contributed by atoms with Crippen molar-refractivity contribution in [3.8, 4) is 22.6 Å². The predicted octanol–water partition coefficient (Wildman–Crippen LogP) is 4.72. The Bertz CT molecular complexity index is 1330. The summed E-state index contributed by atoms with van der Waals surface area (Å²) in [6.45, 7) is 2.13. The molecular formula is C32H30O6. The molecular weight excluding hydrogens is 480 g/mol. The van der Waals surface area contributed by atoms with Gasteiger partial charge in [-0.3, -0.25) is 4.79 Å². The summed E-state index contributed by atoms with van der Waals surface area (Å²) in [5, 5.41) is 19.5. The van der Waals surface area contributed by atoms with Gasteiger partial charge in [0.25, 0.3) is 6.47 Å². The van der Waals surface area contributed by atoms with Crippen molar-refractivity contribution >= 4 is 6.47 Å². The van der Waals surface area contributed by atoms with Crippen molar-refractivity contribution in [3.05, 3.63) is 119 Å². The van der Waals surface area contributed by atoms with Gasteiger partial charge in [0.05, 0.1) is 11.5 Å². The van der Waals surface area contributed by atoms with E-state index in [1.807, 2.05) is 24.3 Å². The van der Waals surface area contributed by atoms with E-state index >= 15 is 0 Å². The third-order valence-electron chi connectivity index (χ3n) is 6.82. The van der Waals surface area contributed by atoms with Crippen molar-refractivity contribution in [2.75, 3.05) is 19.8 Å². The van der Waals surface area contributed by atoms with Crippen LogP contribution >= 0.6 is 0 Å². The molecule has 6 nitrogen and oxygen atoms in total. The second-order valence-corrected chi connectivity index (χ2v) is 9.44. The summed E-state index contributed by atoms with van der Waals surface area (Å²) in [6, 6.07) is 32.9. The van der Waals surface area contributed by atoms with Crippen LogP contribution in [-0.4, -0.2) is 48.7 Å². The Kier molecular flexibility index (Phi) is 7.45. The molecule has 6 heteroatoms. The van der Waals surface area contributed by atoms with Gasteiger partial charge in [-0.25, -0.2) is 0 Å². The molecule has 0 aromatic heterocycles. The number of aliphatic hydroxyl groups excluding tert-OH is 2. The largest absolute Gasteiger partial charge is 0.491 e. The standard InChI is InChI=1S/C32H30O6/c1-22(34)18-37-26-14-10-23(11-15-26)32(24-12-16-27(17-13-24)38-20-25(35)19-36-21-33)30-8-4-2-6-28(30)29-7-3-5-9-31(29)32/h2-17,21-22,25,34-35H,18-20H2,1H3. The molecule has 4 aromatic carbocycles. The van der Waals surface area contributed by atoms with E-state index in [0.29, 0.717) is 18.0 Å². The molecule has 0 spiro atoms. The number of hydrogen-bond donors (Lipinski definition) is 2. The van der Waals surface area contributed by atoms with Gasteiger partial charge < -0.3 is 24.4 Å². The molecule has 1 aliphatic carbocycles. The molecule has 0 saturated carbocycles. The number of aliphatic hydroxyl groups is 2. The van der Waals surface area contributed by atoms with Crippen LogP contribution in [0.1, 0.15) is 29.2 Å². The number of carbonyl (C=O) groups is 1. The topological polar surface area (TPSA) is 85.2 Å². The van der Waals surface area contributed by atoms with Crippen molar-refractivity contribution in [3.63, 3.8) is 0 Å². The van der Waals surface area contributed by atoms with Crippen LogP contribution < -0.4 is 9.47 Å². The van der Waals surface area contributed by atoms with Gasteiger partial charge in [-0.1, -0.05) is 72.8 Å². The molecule has 2 unspecified atom stereocenters. The molecule has 0 saturated heterocycles. The minimum absolute atomic E-state index is 0.0118. The average Bonchev–Trinajstić information content (AvgIpc) is 3.26. The molecule has 0 fully saturated rings. The third-order valence-corrected chi connectivity index (χ3v) is 6.82. The lowest BCUT2D eigenvalue weighted by Crippen LogP contribution is -2.28. The second kappa shape index (κ2) is 11.1. The first-order chi connectivity index (χ1) is 18.5. The van der Waals surface area contributed by atoms with E-state index in [9.17, 15) is 15.0 Å². The number of fused-ring (bicyclic) bond motifs is 3. The maximum absolute atomic E-state index is 10.4.